The van der Waals surface area contributed by atoms with Crippen molar-refractivity contribution in [1.29, 1.82) is 0 Å². The highest BCUT2D eigenvalue weighted by Gasteiger charge is 2.26. The molecule has 2 N–H and O–H groups in total. The fraction of sp³-hybridized carbons (Fsp3) is 0.300. The number of para-hydroxylation sites is 1. The number of carbonyl (C=O) groups is 1. The summed E-state index contributed by atoms with van der Waals surface area (Å²) in [4.78, 5) is 27.5. The minimum absolute atomic E-state index is 0.0254. The number of nitrogens with one attached hydrogen (secondary N) is 2. The van der Waals surface area contributed by atoms with Crippen LogP contribution in [0.15, 0.2) is 39.7 Å². The lowest BCUT2D eigenvalue weighted by molar-refractivity contribution is -0.124. The topological polar surface area (TPSA) is 84.3 Å². The normalized spacial score (nSPS) is 16.1. The van der Waals surface area contributed by atoms with Crippen LogP contribution in [0.25, 0.3) is 10.9 Å². The Kier molecular flexibility index (Phi) is 4.66. The molecule has 0 spiro atoms. The minimum atomic E-state index is -0.309. The van der Waals surface area contributed by atoms with Crippen molar-refractivity contribution in [2.75, 3.05) is 6.61 Å². The van der Waals surface area contributed by atoms with E-state index in [1.165, 1.54) is 17.9 Å². The van der Waals surface area contributed by atoms with E-state index in [-0.39, 0.29) is 29.7 Å². The van der Waals surface area contributed by atoms with Crippen LogP contribution in [0.5, 0.6) is 5.75 Å². The van der Waals surface area contributed by atoms with E-state index in [9.17, 15) is 9.59 Å². The Morgan fingerprint density at radius 3 is 3.11 bits per heavy atom. The SMILES string of the molecule is Cc1cc(=O)c(OCC(=O)N[C@@H]2CCCc3c2[nH]c2c(Cl)cccc32)co1. The second-order valence-electron chi connectivity index (χ2n) is 6.70. The molecule has 0 saturated heterocycles. The van der Waals surface area contributed by atoms with Gasteiger partial charge in [-0.25, -0.2) is 0 Å². The van der Waals surface area contributed by atoms with Crippen molar-refractivity contribution < 1.29 is 13.9 Å². The zero-order valence-corrected chi connectivity index (χ0v) is 15.6. The molecule has 1 aliphatic rings. The van der Waals surface area contributed by atoms with Crippen LogP contribution in [0, 0.1) is 6.92 Å². The number of benzene rings is 1. The van der Waals surface area contributed by atoms with Gasteiger partial charge in [0.15, 0.2) is 6.61 Å². The molecule has 140 valence electrons. The number of H-pyrrole nitrogens is 1. The molecule has 2 aromatic heterocycles. The van der Waals surface area contributed by atoms with Crippen molar-refractivity contribution in [2.45, 2.75) is 32.2 Å². The summed E-state index contributed by atoms with van der Waals surface area (Å²) in [5, 5.41) is 4.76. The van der Waals surface area contributed by atoms with Gasteiger partial charge in [-0.3, -0.25) is 9.59 Å². The van der Waals surface area contributed by atoms with Gasteiger partial charge in [0.05, 0.1) is 16.6 Å². The van der Waals surface area contributed by atoms with Crippen molar-refractivity contribution in [1.82, 2.24) is 10.3 Å². The van der Waals surface area contributed by atoms with Gasteiger partial charge in [0.1, 0.15) is 12.0 Å². The van der Waals surface area contributed by atoms with Crippen molar-refractivity contribution in [3.05, 3.63) is 62.8 Å². The van der Waals surface area contributed by atoms with Gasteiger partial charge < -0.3 is 19.5 Å². The van der Waals surface area contributed by atoms with Crippen LogP contribution in [0.1, 0.15) is 35.9 Å². The van der Waals surface area contributed by atoms with E-state index >= 15 is 0 Å². The maximum atomic E-state index is 12.3. The van der Waals surface area contributed by atoms with E-state index in [0.717, 1.165) is 35.9 Å². The predicted molar refractivity (Wildman–Crippen MR) is 102 cm³/mol. The molecule has 0 saturated carbocycles. The quantitative estimate of drug-likeness (QED) is 0.716. The van der Waals surface area contributed by atoms with E-state index < -0.39 is 0 Å². The molecule has 2 heterocycles. The second-order valence-corrected chi connectivity index (χ2v) is 7.11. The Hall–Kier alpha value is -2.73. The van der Waals surface area contributed by atoms with Crippen LogP contribution in [0.4, 0.5) is 0 Å². The summed E-state index contributed by atoms with van der Waals surface area (Å²) in [5.41, 5.74) is 2.78. The molecule has 1 amide bonds. The zero-order valence-electron chi connectivity index (χ0n) is 14.8. The fourth-order valence-electron chi connectivity index (χ4n) is 3.58. The standard InChI is InChI=1S/C20H19ClN2O4/c1-11-8-16(24)17(9-26-11)27-10-18(25)22-15-7-3-5-13-12-4-2-6-14(21)19(12)23-20(13)15/h2,4,6,8-9,15,23H,3,5,7,10H2,1H3,(H,22,25)/t15-/m1/s1. The van der Waals surface area contributed by atoms with Gasteiger partial charge in [-0.1, -0.05) is 23.7 Å². The molecule has 4 rings (SSSR count). The number of aromatic nitrogens is 1. The Bertz CT molecular complexity index is 1070. The lowest BCUT2D eigenvalue weighted by Crippen LogP contribution is -2.34. The lowest BCUT2D eigenvalue weighted by Gasteiger charge is -2.23. The summed E-state index contributed by atoms with van der Waals surface area (Å²) in [5.74, 6) is 0.221. The number of aryl methyl sites for hydroxylation is 2. The fourth-order valence-corrected chi connectivity index (χ4v) is 3.80. The lowest BCUT2D eigenvalue weighted by atomic mass is 9.91. The number of hydrogen-bond donors (Lipinski definition) is 2. The molecular weight excluding hydrogens is 368 g/mol. The van der Waals surface area contributed by atoms with Crippen LogP contribution in [-0.2, 0) is 11.2 Å². The second kappa shape index (κ2) is 7.12. The van der Waals surface area contributed by atoms with Crippen LogP contribution >= 0.6 is 11.6 Å². The summed E-state index contributed by atoms with van der Waals surface area (Å²) < 4.78 is 10.5. The molecule has 7 heteroatoms. The third kappa shape index (κ3) is 3.45. The first-order valence-electron chi connectivity index (χ1n) is 8.83. The van der Waals surface area contributed by atoms with Crippen molar-refractivity contribution in [3.8, 4) is 5.75 Å². The molecular formula is C20H19ClN2O4. The number of carbonyl (C=O) groups excluding carboxylic acids is 1. The molecule has 0 unspecified atom stereocenters. The molecule has 27 heavy (non-hydrogen) atoms. The van der Waals surface area contributed by atoms with Gasteiger partial charge in [0.2, 0.25) is 11.2 Å². The molecule has 0 bridgehead atoms. The Labute approximate surface area is 160 Å². The maximum absolute atomic E-state index is 12.3. The first-order chi connectivity index (χ1) is 13.0. The highest BCUT2D eigenvalue weighted by Crippen LogP contribution is 2.36. The van der Waals surface area contributed by atoms with E-state index in [1.807, 2.05) is 18.2 Å². The molecule has 1 atom stereocenters. The molecule has 0 radical (unpaired) electrons. The van der Waals surface area contributed by atoms with Gasteiger partial charge in [0, 0.05) is 17.1 Å². The highest BCUT2D eigenvalue weighted by molar-refractivity contribution is 6.35. The van der Waals surface area contributed by atoms with E-state index in [0.29, 0.717) is 10.8 Å². The number of halogens is 1. The molecule has 0 fully saturated rings. The Balaban J connectivity index is 1.49. The molecule has 6 nitrogen and oxygen atoms in total. The van der Waals surface area contributed by atoms with Crippen LogP contribution < -0.4 is 15.5 Å². The summed E-state index contributed by atoms with van der Waals surface area (Å²) in [7, 11) is 0. The first-order valence-corrected chi connectivity index (χ1v) is 9.21. The predicted octanol–water partition coefficient (Wildman–Crippen LogP) is 3.66. The van der Waals surface area contributed by atoms with E-state index in [4.69, 9.17) is 20.8 Å². The molecule has 0 aliphatic heterocycles. The van der Waals surface area contributed by atoms with Gasteiger partial charge >= 0.3 is 0 Å². The van der Waals surface area contributed by atoms with Crippen molar-refractivity contribution in [2.24, 2.45) is 0 Å². The van der Waals surface area contributed by atoms with E-state index in [2.05, 4.69) is 10.3 Å². The molecule has 1 aliphatic carbocycles. The van der Waals surface area contributed by atoms with Crippen molar-refractivity contribution >= 4 is 28.4 Å². The summed E-state index contributed by atoms with van der Waals surface area (Å²) >= 11 is 6.30. The smallest absolute Gasteiger partial charge is 0.258 e. The van der Waals surface area contributed by atoms with Crippen LogP contribution in [0.3, 0.4) is 0 Å². The average Bonchev–Trinajstić information content (AvgIpc) is 3.02. The zero-order chi connectivity index (χ0) is 19.0. The third-order valence-electron chi connectivity index (χ3n) is 4.81. The maximum Gasteiger partial charge on any atom is 0.258 e. The molecule has 3 aromatic rings. The first kappa shape index (κ1) is 17.7. The van der Waals surface area contributed by atoms with Crippen LogP contribution in [0.2, 0.25) is 5.02 Å². The number of ether oxygens (including phenoxy) is 1. The summed E-state index contributed by atoms with van der Waals surface area (Å²) in [6.07, 6.45) is 3.97. The number of aromatic amines is 1. The average molecular weight is 387 g/mol. The largest absolute Gasteiger partial charge is 0.477 e. The third-order valence-corrected chi connectivity index (χ3v) is 5.13. The summed E-state index contributed by atoms with van der Waals surface area (Å²) in [6, 6.07) is 7.01. The monoisotopic (exact) mass is 386 g/mol. The highest BCUT2D eigenvalue weighted by atomic mass is 35.5. The Morgan fingerprint density at radius 2 is 2.30 bits per heavy atom. The number of rotatable bonds is 4. The number of fused-ring (bicyclic) bond motifs is 3. The van der Waals surface area contributed by atoms with Gasteiger partial charge in [-0.2, -0.15) is 0 Å². The summed E-state index contributed by atoms with van der Waals surface area (Å²) in [6.45, 7) is 1.42. The molecule has 1 aromatic carbocycles. The van der Waals surface area contributed by atoms with Crippen molar-refractivity contribution in [3.63, 3.8) is 0 Å². The van der Waals surface area contributed by atoms with Gasteiger partial charge in [0.25, 0.3) is 5.91 Å². The Morgan fingerprint density at radius 1 is 1.44 bits per heavy atom. The number of amides is 1. The van der Waals surface area contributed by atoms with Gasteiger partial charge in [-0.15, -0.1) is 0 Å². The number of hydrogen-bond acceptors (Lipinski definition) is 4. The van der Waals surface area contributed by atoms with E-state index in [1.54, 1.807) is 6.92 Å². The minimum Gasteiger partial charge on any atom is -0.477 e. The van der Waals surface area contributed by atoms with Crippen LogP contribution in [-0.4, -0.2) is 17.5 Å². The van der Waals surface area contributed by atoms with Gasteiger partial charge in [-0.05, 0) is 37.8 Å².